The molecule has 0 aliphatic heterocycles. The molecule has 6 nitrogen and oxygen atoms in total. The fourth-order valence-corrected chi connectivity index (χ4v) is 3.99. The number of nitriles is 1. The van der Waals surface area contributed by atoms with Crippen LogP contribution in [0, 0.1) is 31.1 Å². The number of rotatable bonds is 7. The van der Waals surface area contributed by atoms with Gasteiger partial charge in [0, 0.05) is 4.88 Å². The zero-order valence-corrected chi connectivity index (χ0v) is 18.6. The summed E-state index contributed by atoms with van der Waals surface area (Å²) in [5.74, 6) is 1.94. The average Bonchev–Trinajstić information content (AvgIpc) is 2.99. The third-order valence-corrected chi connectivity index (χ3v) is 5.67. The van der Waals surface area contributed by atoms with Crippen LogP contribution in [-0.2, 0) is 0 Å². The Balaban J connectivity index is 2.02. The van der Waals surface area contributed by atoms with E-state index >= 15 is 0 Å². The predicted molar refractivity (Wildman–Crippen MR) is 121 cm³/mol. The Hall–Kier alpha value is -3.11. The molecule has 0 aliphatic rings. The molecule has 1 aromatic carbocycles. The van der Waals surface area contributed by atoms with Crippen LogP contribution in [0.25, 0.3) is 21.9 Å². The highest BCUT2D eigenvalue weighted by Crippen LogP contribution is 2.31. The van der Waals surface area contributed by atoms with E-state index in [0.717, 1.165) is 16.0 Å². The van der Waals surface area contributed by atoms with Crippen molar-refractivity contribution in [3.05, 3.63) is 50.4 Å². The van der Waals surface area contributed by atoms with Crippen LogP contribution < -0.4 is 15.0 Å². The summed E-state index contributed by atoms with van der Waals surface area (Å²) in [5, 5.41) is 10.3. The third kappa shape index (κ3) is 4.55. The highest BCUT2D eigenvalue weighted by Gasteiger charge is 2.14. The molecule has 1 N–H and O–H groups in total. The SMILES string of the molecule is CCOc1cc(/C=C(\C#N)c2nc3sc(C)c(C)c3c(=O)[nH]2)ccc1OCC(C)C. The van der Waals surface area contributed by atoms with Crippen molar-refractivity contribution in [2.45, 2.75) is 34.6 Å². The van der Waals surface area contributed by atoms with Gasteiger partial charge in [-0.05, 0) is 56.0 Å². The zero-order chi connectivity index (χ0) is 21.8. The van der Waals surface area contributed by atoms with E-state index in [2.05, 4.69) is 29.9 Å². The molecule has 0 saturated heterocycles. The molecule has 3 rings (SSSR count). The summed E-state index contributed by atoms with van der Waals surface area (Å²) in [6.45, 7) is 11.0. The van der Waals surface area contributed by atoms with Gasteiger partial charge in [-0.25, -0.2) is 4.98 Å². The van der Waals surface area contributed by atoms with E-state index in [4.69, 9.17) is 9.47 Å². The van der Waals surface area contributed by atoms with E-state index in [1.54, 1.807) is 6.08 Å². The summed E-state index contributed by atoms with van der Waals surface area (Å²) in [7, 11) is 0. The number of hydrogen-bond donors (Lipinski definition) is 1. The molecule has 0 aliphatic carbocycles. The van der Waals surface area contributed by atoms with Crippen molar-refractivity contribution in [1.29, 1.82) is 5.26 Å². The number of aromatic amines is 1. The van der Waals surface area contributed by atoms with Crippen LogP contribution in [0.15, 0.2) is 23.0 Å². The molecular weight excluding hydrogens is 398 g/mol. The van der Waals surface area contributed by atoms with Gasteiger partial charge in [0.05, 0.1) is 24.2 Å². The summed E-state index contributed by atoms with van der Waals surface area (Å²) in [6, 6.07) is 7.66. The lowest BCUT2D eigenvalue weighted by Crippen LogP contribution is -2.10. The fourth-order valence-electron chi connectivity index (χ4n) is 2.96. The Morgan fingerprint density at radius 2 is 2.07 bits per heavy atom. The molecule has 0 saturated carbocycles. The highest BCUT2D eigenvalue weighted by atomic mass is 32.1. The molecule has 2 aromatic heterocycles. The van der Waals surface area contributed by atoms with Crippen molar-refractivity contribution in [2.24, 2.45) is 5.92 Å². The molecule has 0 bridgehead atoms. The number of ether oxygens (including phenoxy) is 2. The second kappa shape index (κ2) is 9.14. The van der Waals surface area contributed by atoms with Crippen molar-refractivity contribution in [1.82, 2.24) is 9.97 Å². The lowest BCUT2D eigenvalue weighted by atomic mass is 10.1. The van der Waals surface area contributed by atoms with Gasteiger partial charge in [-0.2, -0.15) is 5.26 Å². The van der Waals surface area contributed by atoms with Gasteiger partial charge in [0.2, 0.25) is 0 Å². The summed E-state index contributed by atoms with van der Waals surface area (Å²) in [6.07, 6.45) is 1.69. The van der Waals surface area contributed by atoms with E-state index in [9.17, 15) is 10.1 Å². The number of fused-ring (bicyclic) bond motifs is 1. The molecular formula is C23H25N3O3S. The molecule has 2 heterocycles. The van der Waals surface area contributed by atoms with Crippen LogP contribution in [0.1, 0.15) is 42.6 Å². The van der Waals surface area contributed by atoms with Crippen LogP contribution >= 0.6 is 11.3 Å². The lowest BCUT2D eigenvalue weighted by Gasteiger charge is -2.14. The number of allylic oxidation sites excluding steroid dienone is 1. The van der Waals surface area contributed by atoms with E-state index in [0.29, 0.717) is 40.8 Å². The first-order chi connectivity index (χ1) is 14.3. The first kappa shape index (κ1) is 21.6. The van der Waals surface area contributed by atoms with Crippen LogP contribution in [0.5, 0.6) is 11.5 Å². The van der Waals surface area contributed by atoms with Crippen molar-refractivity contribution < 1.29 is 9.47 Å². The highest BCUT2D eigenvalue weighted by molar-refractivity contribution is 7.18. The van der Waals surface area contributed by atoms with Crippen LogP contribution in [0.3, 0.4) is 0 Å². The van der Waals surface area contributed by atoms with Crippen LogP contribution in [0.2, 0.25) is 0 Å². The van der Waals surface area contributed by atoms with Crippen molar-refractivity contribution in [3.8, 4) is 17.6 Å². The number of hydrogen-bond acceptors (Lipinski definition) is 6. The maximum atomic E-state index is 12.6. The Kier molecular flexibility index (Phi) is 6.58. The van der Waals surface area contributed by atoms with Gasteiger partial charge in [-0.15, -0.1) is 11.3 Å². The lowest BCUT2D eigenvalue weighted by molar-refractivity contribution is 0.248. The number of nitrogens with one attached hydrogen (secondary N) is 1. The number of aromatic nitrogens is 2. The van der Waals surface area contributed by atoms with E-state index in [-0.39, 0.29) is 17.0 Å². The van der Waals surface area contributed by atoms with Gasteiger partial charge in [0.1, 0.15) is 10.9 Å². The topological polar surface area (TPSA) is 88.0 Å². The summed E-state index contributed by atoms with van der Waals surface area (Å²) in [5.41, 5.74) is 1.73. The fraction of sp³-hybridized carbons (Fsp3) is 0.348. The monoisotopic (exact) mass is 423 g/mol. The molecule has 0 atom stereocenters. The average molecular weight is 424 g/mol. The Morgan fingerprint density at radius 1 is 1.30 bits per heavy atom. The molecule has 7 heteroatoms. The van der Waals surface area contributed by atoms with Crippen molar-refractivity contribution in [2.75, 3.05) is 13.2 Å². The van der Waals surface area contributed by atoms with Gasteiger partial charge in [-0.3, -0.25) is 4.79 Å². The Bertz CT molecular complexity index is 1200. The van der Waals surface area contributed by atoms with Crippen molar-refractivity contribution >= 4 is 33.2 Å². The molecule has 0 fully saturated rings. The van der Waals surface area contributed by atoms with Gasteiger partial charge >= 0.3 is 0 Å². The zero-order valence-electron chi connectivity index (χ0n) is 17.8. The summed E-state index contributed by atoms with van der Waals surface area (Å²) < 4.78 is 11.5. The second-order valence-electron chi connectivity index (χ2n) is 7.39. The molecule has 0 spiro atoms. The number of benzene rings is 1. The summed E-state index contributed by atoms with van der Waals surface area (Å²) in [4.78, 5) is 21.5. The van der Waals surface area contributed by atoms with Crippen LogP contribution in [-0.4, -0.2) is 23.2 Å². The van der Waals surface area contributed by atoms with E-state index in [1.165, 1.54) is 11.3 Å². The first-order valence-corrected chi connectivity index (χ1v) is 10.7. The molecule has 156 valence electrons. The van der Waals surface area contributed by atoms with Gasteiger partial charge in [0.15, 0.2) is 17.3 Å². The molecule has 3 aromatic rings. The van der Waals surface area contributed by atoms with E-state index < -0.39 is 0 Å². The normalized spacial score (nSPS) is 11.7. The standard InChI is InChI=1S/C23H25N3O3S/c1-6-28-19-10-16(7-8-18(19)29-12-13(2)3)9-17(11-24)21-25-22(27)20-14(4)15(5)30-23(20)26-21/h7-10,13H,6,12H2,1-5H3,(H,25,26,27)/b17-9+. The minimum absolute atomic E-state index is 0.231. The maximum absolute atomic E-state index is 12.6. The second-order valence-corrected chi connectivity index (χ2v) is 8.59. The number of thiophene rings is 1. The molecule has 30 heavy (non-hydrogen) atoms. The summed E-state index contributed by atoms with van der Waals surface area (Å²) >= 11 is 1.46. The third-order valence-electron chi connectivity index (χ3n) is 4.57. The van der Waals surface area contributed by atoms with Gasteiger partial charge < -0.3 is 14.5 Å². The Morgan fingerprint density at radius 3 is 2.73 bits per heavy atom. The van der Waals surface area contributed by atoms with Crippen molar-refractivity contribution in [3.63, 3.8) is 0 Å². The van der Waals surface area contributed by atoms with Gasteiger partial charge in [-0.1, -0.05) is 19.9 Å². The van der Waals surface area contributed by atoms with Crippen LogP contribution in [0.4, 0.5) is 0 Å². The largest absolute Gasteiger partial charge is 0.490 e. The quantitative estimate of drug-likeness (QED) is 0.534. The maximum Gasteiger partial charge on any atom is 0.260 e. The molecule has 0 amide bonds. The minimum Gasteiger partial charge on any atom is -0.490 e. The minimum atomic E-state index is -0.231. The molecule has 0 radical (unpaired) electrons. The van der Waals surface area contributed by atoms with Gasteiger partial charge in [0.25, 0.3) is 5.56 Å². The molecule has 0 unspecified atom stereocenters. The number of aryl methyl sites for hydroxylation is 2. The first-order valence-electron chi connectivity index (χ1n) is 9.85. The Labute approximate surface area is 179 Å². The number of H-pyrrole nitrogens is 1. The smallest absolute Gasteiger partial charge is 0.260 e. The van der Waals surface area contributed by atoms with E-state index in [1.807, 2.05) is 39.0 Å². The predicted octanol–water partition coefficient (Wildman–Crippen LogP) is 5.10. The number of nitrogens with zero attached hydrogens (tertiary/aromatic N) is 2.